The van der Waals surface area contributed by atoms with Gasteiger partial charge in [-0.1, -0.05) is 30.3 Å². The van der Waals surface area contributed by atoms with Crippen LogP contribution in [-0.2, 0) is 20.9 Å². The first kappa shape index (κ1) is 18.9. The predicted octanol–water partition coefficient (Wildman–Crippen LogP) is 2.72. The van der Waals surface area contributed by atoms with E-state index in [1.165, 1.54) is 0 Å². The topological polar surface area (TPSA) is 73.9 Å². The van der Waals surface area contributed by atoms with Gasteiger partial charge in [-0.05, 0) is 42.7 Å². The van der Waals surface area contributed by atoms with Crippen LogP contribution in [0.1, 0.15) is 28.8 Å². The van der Waals surface area contributed by atoms with Gasteiger partial charge in [-0.3, -0.25) is 4.79 Å². The smallest absolute Gasteiger partial charge is 0.338 e. The maximum atomic E-state index is 12.0. The Hall–Kier alpha value is -2.86. The molecule has 1 amide bonds. The maximum Gasteiger partial charge on any atom is 0.338 e. The van der Waals surface area contributed by atoms with Crippen molar-refractivity contribution in [3.05, 3.63) is 65.7 Å². The number of rotatable bonds is 8. The minimum atomic E-state index is -0.545. The summed E-state index contributed by atoms with van der Waals surface area (Å²) in [6.45, 7) is 1.33. The van der Waals surface area contributed by atoms with Crippen LogP contribution in [0.15, 0.2) is 54.6 Å². The summed E-state index contributed by atoms with van der Waals surface area (Å²) in [7, 11) is 0. The Morgan fingerprint density at radius 2 is 1.85 bits per heavy atom. The number of benzene rings is 2. The van der Waals surface area contributed by atoms with Crippen molar-refractivity contribution in [3.8, 4) is 5.75 Å². The number of carbonyl (C=O) groups is 2. The van der Waals surface area contributed by atoms with Gasteiger partial charge < -0.3 is 19.5 Å². The summed E-state index contributed by atoms with van der Waals surface area (Å²) in [5.41, 5.74) is 1.43. The zero-order chi connectivity index (χ0) is 18.9. The number of hydrogen-bond acceptors (Lipinski definition) is 5. The van der Waals surface area contributed by atoms with E-state index in [2.05, 4.69) is 5.32 Å². The third-order valence-corrected chi connectivity index (χ3v) is 4.22. The summed E-state index contributed by atoms with van der Waals surface area (Å²) in [4.78, 5) is 23.8. The van der Waals surface area contributed by atoms with Crippen molar-refractivity contribution >= 4 is 11.9 Å². The van der Waals surface area contributed by atoms with Crippen molar-refractivity contribution in [3.63, 3.8) is 0 Å². The molecule has 6 nitrogen and oxygen atoms in total. The molecule has 1 aliphatic rings. The molecular weight excluding hydrogens is 346 g/mol. The van der Waals surface area contributed by atoms with E-state index in [9.17, 15) is 9.59 Å². The molecule has 0 spiro atoms. The zero-order valence-corrected chi connectivity index (χ0v) is 15.1. The summed E-state index contributed by atoms with van der Waals surface area (Å²) in [6, 6.07) is 16.5. The maximum absolute atomic E-state index is 12.0. The second kappa shape index (κ2) is 9.73. The highest BCUT2D eigenvalue weighted by Gasteiger charge is 2.17. The summed E-state index contributed by atoms with van der Waals surface area (Å²) in [6.07, 6.45) is 2.02. The normalized spacial score (nSPS) is 15.9. The van der Waals surface area contributed by atoms with E-state index in [0.717, 1.165) is 25.0 Å². The highest BCUT2D eigenvalue weighted by molar-refractivity contribution is 5.91. The molecule has 27 heavy (non-hydrogen) atoms. The van der Waals surface area contributed by atoms with Crippen molar-refractivity contribution in [2.75, 3.05) is 19.8 Å². The Morgan fingerprint density at radius 1 is 1.07 bits per heavy atom. The Balaban J connectivity index is 1.39. The molecule has 0 saturated carbocycles. The lowest BCUT2D eigenvalue weighted by molar-refractivity contribution is -0.124. The van der Waals surface area contributed by atoms with Gasteiger partial charge >= 0.3 is 5.97 Å². The van der Waals surface area contributed by atoms with Gasteiger partial charge in [0.15, 0.2) is 6.61 Å². The Morgan fingerprint density at radius 3 is 2.56 bits per heavy atom. The molecule has 0 aliphatic carbocycles. The number of amides is 1. The lowest BCUT2D eigenvalue weighted by Gasteiger charge is -2.11. The molecule has 0 aromatic heterocycles. The summed E-state index contributed by atoms with van der Waals surface area (Å²) in [5.74, 6) is -0.219. The van der Waals surface area contributed by atoms with Crippen LogP contribution in [0, 0.1) is 0 Å². The fraction of sp³-hybridized carbons (Fsp3) is 0.333. The van der Waals surface area contributed by atoms with E-state index >= 15 is 0 Å². The lowest BCUT2D eigenvalue weighted by Crippen LogP contribution is -2.34. The minimum Gasteiger partial charge on any atom is -0.489 e. The number of carbonyl (C=O) groups excluding carboxylic acids is 2. The fourth-order valence-electron chi connectivity index (χ4n) is 2.73. The lowest BCUT2D eigenvalue weighted by atomic mass is 10.2. The van der Waals surface area contributed by atoms with E-state index in [1.54, 1.807) is 24.3 Å². The molecule has 2 aromatic rings. The number of esters is 1. The standard InChI is InChI=1S/C21H23NO5/c23-20(22-13-19-7-4-12-25-19)15-27-21(24)17-8-10-18(11-9-17)26-14-16-5-2-1-3-6-16/h1-3,5-6,8-11,19H,4,7,12-15H2,(H,22,23)/t19-/m0/s1. The van der Waals surface area contributed by atoms with Crippen LogP contribution in [0.3, 0.4) is 0 Å². The van der Waals surface area contributed by atoms with E-state index in [4.69, 9.17) is 14.2 Å². The van der Waals surface area contributed by atoms with Crippen LogP contribution in [0.4, 0.5) is 0 Å². The second-order valence-electron chi connectivity index (χ2n) is 6.31. The molecule has 1 saturated heterocycles. The molecule has 2 aromatic carbocycles. The summed E-state index contributed by atoms with van der Waals surface area (Å²) < 4.78 is 16.1. The van der Waals surface area contributed by atoms with Crippen LogP contribution in [0.25, 0.3) is 0 Å². The predicted molar refractivity (Wildman–Crippen MR) is 99.5 cm³/mol. The average molecular weight is 369 g/mol. The van der Waals surface area contributed by atoms with Gasteiger partial charge in [-0.25, -0.2) is 4.79 Å². The molecule has 1 fully saturated rings. The van der Waals surface area contributed by atoms with Gasteiger partial charge in [0.2, 0.25) is 0 Å². The second-order valence-corrected chi connectivity index (χ2v) is 6.31. The van der Waals surface area contributed by atoms with Crippen LogP contribution in [0.2, 0.25) is 0 Å². The SMILES string of the molecule is O=C(COC(=O)c1ccc(OCc2ccccc2)cc1)NC[C@@H]1CCCO1. The number of nitrogens with one attached hydrogen (secondary N) is 1. The summed E-state index contributed by atoms with van der Waals surface area (Å²) in [5, 5.41) is 2.71. The Kier molecular flexibility index (Phi) is 6.82. The first-order valence-corrected chi connectivity index (χ1v) is 9.03. The van der Waals surface area contributed by atoms with Crippen molar-refractivity contribution in [2.45, 2.75) is 25.6 Å². The Labute approximate surface area is 158 Å². The van der Waals surface area contributed by atoms with Crippen LogP contribution in [0.5, 0.6) is 5.75 Å². The van der Waals surface area contributed by atoms with E-state index in [1.807, 2.05) is 30.3 Å². The van der Waals surface area contributed by atoms with Gasteiger partial charge in [0.25, 0.3) is 5.91 Å². The number of hydrogen-bond donors (Lipinski definition) is 1. The number of ether oxygens (including phenoxy) is 3. The largest absolute Gasteiger partial charge is 0.489 e. The van der Waals surface area contributed by atoms with Crippen LogP contribution in [-0.4, -0.2) is 37.7 Å². The van der Waals surface area contributed by atoms with Crippen LogP contribution >= 0.6 is 0 Å². The van der Waals surface area contributed by atoms with Gasteiger partial charge in [0.05, 0.1) is 11.7 Å². The molecule has 142 valence electrons. The van der Waals surface area contributed by atoms with Crippen molar-refractivity contribution in [1.82, 2.24) is 5.32 Å². The zero-order valence-electron chi connectivity index (χ0n) is 15.1. The Bertz CT molecular complexity index is 739. The monoisotopic (exact) mass is 369 g/mol. The van der Waals surface area contributed by atoms with Gasteiger partial charge in [-0.2, -0.15) is 0 Å². The first-order chi connectivity index (χ1) is 13.2. The van der Waals surface area contributed by atoms with Crippen molar-refractivity contribution in [2.24, 2.45) is 0 Å². The average Bonchev–Trinajstić information content (AvgIpc) is 3.24. The molecule has 1 N–H and O–H groups in total. The van der Waals surface area contributed by atoms with E-state index in [-0.39, 0.29) is 18.6 Å². The van der Waals surface area contributed by atoms with Crippen molar-refractivity contribution in [1.29, 1.82) is 0 Å². The summed E-state index contributed by atoms with van der Waals surface area (Å²) >= 11 is 0. The molecule has 1 atom stereocenters. The first-order valence-electron chi connectivity index (χ1n) is 9.03. The third-order valence-electron chi connectivity index (χ3n) is 4.22. The molecule has 1 aliphatic heterocycles. The van der Waals surface area contributed by atoms with Crippen LogP contribution < -0.4 is 10.1 Å². The molecule has 0 bridgehead atoms. The van der Waals surface area contributed by atoms with Gasteiger partial charge in [-0.15, -0.1) is 0 Å². The molecule has 0 radical (unpaired) electrons. The molecular formula is C21H23NO5. The molecule has 1 heterocycles. The molecule has 3 rings (SSSR count). The van der Waals surface area contributed by atoms with Gasteiger partial charge in [0, 0.05) is 13.2 Å². The van der Waals surface area contributed by atoms with Gasteiger partial charge in [0.1, 0.15) is 12.4 Å². The minimum absolute atomic E-state index is 0.0630. The van der Waals surface area contributed by atoms with E-state index < -0.39 is 5.97 Å². The highest BCUT2D eigenvalue weighted by Crippen LogP contribution is 2.15. The molecule has 0 unspecified atom stereocenters. The highest BCUT2D eigenvalue weighted by atomic mass is 16.5. The van der Waals surface area contributed by atoms with Crippen molar-refractivity contribution < 1.29 is 23.8 Å². The van der Waals surface area contributed by atoms with E-state index in [0.29, 0.717) is 24.5 Å². The third kappa shape index (κ3) is 6.11. The fourth-order valence-corrected chi connectivity index (χ4v) is 2.73. The molecule has 6 heteroatoms. The quantitative estimate of drug-likeness (QED) is 0.724.